The molecule has 0 heterocycles. The molecule has 0 saturated carbocycles. The molecule has 0 saturated heterocycles. The van der Waals surface area contributed by atoms with Gasteiger partial charge >= 0.3 is 6.18 Å². The van der Waals surface area contributed by atoms with E-state index in [1.807, 2.05) is 0 Å². The molecule has 1 aromatic rings. The summed E-state index contributed by atoms with van der Waals surface area (Å²) in [5, 5.41) is 0. The van der Waals surface area contributed by atoms with Crippen LogP contribution in [0.1, 0.15) is 40.9 Å². The molecule has 0 spiro atoms. The van der Waals surface area contributed by atoms with E-state index in [-0.39, 0.29) is 11.1 Å². The van der Waals surface area contributed by atoms with Crippen molar-refractivity contribution in [2.45, 2.75) is 26.9 Å². The zero-order chi connectivity index (χ0) is 16.4. The molecule has 4 N–H and O–H groups in total. The highest BCUT2D eigenvalue weighted by atomic mass is 19.4. The van der Waals surface area contributed by atoms with E-state index in [2.05, 4.69) is 4.99 Å². The molecule has 0 atom stereocenters. The first-order chi connectivity index (χ1) is 9.57. The van der Waals surface area contributed by atoms with Crippen LogP contribution in [0, 0.1) is 6.92 Å². The standard InChI is InChI=1S/C14H16F3N3O/c1-4-7(2)9-5-8(3)10(12(21)20-13(18)19)6-11(9)14(15,16)17/h4-6H,1-3H3,(H4,18,19,20,21)/b7-4-. The molecule has 0 aliphatic rings. The molecule has 0 aromatic heterocycles. The first-order valence-electron chi connectivity index (χ1n) is 6.07. The number of nitrogens with two attached hydrogens (primary N) is 2. The third-order valence-corrected chi connectivity index (χ3v) is 2.99. The number of hydrogen-bond donors (Lipinski definition) is 2. The van der Waals surface area contributed by atoms with Crippen LogP contribution in [0.3, 0.4) is 0 Å². The summed E-state index contributed by atoms with van der Waals surface area (Å²) in [6.45, 7) is 4.74. The summed E-state index contributed by atoms with van der Waals surface area (Å²) in [4.78, 5) is 15.1. The lowest BCUT2D eigenvalue weighted by Crippen LogP contribution is -2.24. The van der Waals surface area contributed by atoms with Crippen LogP contribution in [0.5, 0.6) is 0 Å². The van der Waals surface area contributed by atoms with Crippen molar-refractivity contribution < 1.29 is 18.0 Å². The van der Waals surface area contributed by atoms with E-state index in [1.165, 1.54) is 13.0 Å². The van der Waals surface area contributed by atoms with Crippen molar-refractivity contribution in [3.8, 4) is 0 Å². The summed E-state index contributed by atoms with van der Waals surface area (Å²) in [5.41, 5.74) is 9.96. The maximum absolute atomic E-state index is 13.2. The van der Waals surface area contributed by atoms with Crippen LogP contribution >= 0.6 is 0 Å². The zero-order valence-electron chi connectivity index (χ0n) is 11.9. The second-order valence-corrected chi connectivity index (χ2v) is 4.52. The Labute approximate surface area is 120 Å². The quantitative estimate of drug-likeness (QED) is 0.651. The third kappa shape index (κ3) is 3.84. The van der Waals surface area contributed by atoms with Gasteiger partial charge in [0.1, 0.15) is 0 Å². The fourth-order valence-electron chi connectivity index (χ4n) is 1.83. The maximum Gasteiger partial charge on any atom is 0.417 e. The Morgan fingerprint density at radius 1 is 1.24 bits per heavy atom. The lowest BCUT2D eigenvalue weighted by Gasteiger charge is -2.16. The van der Waals surface area contributed by atoms with Crippen LogP contribution < -0.4 is 11.5 Å². The second-order valence-electron chi connectivity index (χ2n) is 4.52. The van der Waals surface area contributed by atoms with E-state index in [0.29, 0.717) is 11.1 Å². The van der Waals surface area contributed by atoms with Gasteiger partial charge in [-0.2, -0.15) is 18.2 Å². The molecule has 0 bridgehead atoms. The van der Waals surface area contributed by atoms with Gasteiger partial charge in [0.15, 0.2) is 5.96 Å². The van der Waals surface area contributed by atoms with Crippen molar-refractivity contribution in [2.75, 3.05) is 0 Å². The summed E-state index contributed by atoms with van der Waals surface area (Å²) < 4.78 is 39.5. The number of amides is 1. The van der Waals surface area contributed by atoms with Gasteiger partial charge in [-0.25, -0.2) is 0 Å². The fourth-order valence-corrected chi connectivity index (χ4v) is 1.83. The molecule has 1 aromatic carbocycles. The number of carbonyl (C=O) groups excluding carboxylic acids is 1. The number of allylic oxidation sites excluding steroid dienone is 2. The van der Waals surface area contributed by atoms with Crippen LogP contribution in [-0.4, -0.2) is 11.9 Å². The average molecular weight is 299 g/mol. The number of guanidine groups is 1. The fraction of sp³-hybridized carbons (Fsp3) is 0.286. The molecule has 1 rings (SSSR count). The zero-order valence-corrected chi connectivity index (χ0v) is 11.9. The Hall–Kier alpha value is -2.31. The largest absolute Gasteiger partial charge is 0.417 e. The van der Waals surface area contributed by atoms with Gasteiger partial charge in [0, 0.05) is 5.56 Å². The summed E-state index contributed by atoms with van der Waals surface area (Å²) >= 11 is 0. The van der Waals surface area contributed by atoms with Crippen molar-refractivity contribution >= 4 is 17.4 Å². The van der Waals surface area contributed by atoms with Gasteiger partial charge < -0.3 is 11.5 Å². The van der Waals surface area contributed by atoms with Gasteiger partial charge in [-0.05, 0) is 43.5 Å². The Kier molecular flexibility index (Phi) is 4.77. The van der Waals surface area contributed by atoms with Crippen molar-refractivity contribution in [1.29, 1.82) is 0 Å². The predicted octanol–water partition coefficient (Wildman–Crippen LogP) is 2.85. The number of alkyl halides is 3. The van der Waals surface area contributed by atoms with Crippen molar-refractivity contribution in [1.82, 2.24) is 0 Å². The van der Waals surface area contributed by atoms with Gasteiger partial charge in [-0.3, -0.25) is 4.79 Å². The van der Waals surface area contributed by atoms with Gasteiger partial charge in [-0.1, -0.05) is 12.1 Å². The second kappa shape index (κ2) is 5.99. The number of halogens is 3. The number of aliphatic imine (C=N–C) groups is 1. The molecule has 0 fully saturated rings. The lowest BCUT2D eigenvalue weighted by molar-refractivity contribution is -0.137. The topological polar surface area (TPSA) is 81.5 Å². The Bertz CT molecular complexity index is 627. The number of rotatable bonds is 2. The molecular weight excluding hydrogens is 283 g/mol. The summed E-state index contributed by atoms with van der Waals surface area (Å²) in [5.74, 6) is -1.40. The number of benzene rings is 1. The Balaban J connectivity index is 3.60. The number of carbonyl (C=O) groups is 1. The normalized spacial score (nSPS) is 12.2. The number of aryl methyl sites for hydroxylation is 1. The van der Waals surface area contributed by atoms with Crippen molar-refractivity contribution in [3.63, 3.8) is 0 Å². The molecule has 1 amide bonds. The van der Waals surface area contributed by atoms with Crippen molar-refractivity contribution in [3.05, 3.63) is 40.5 Å². The SMILES string of the molecule is C/C=C(/C)c1cc(C)c(C(=O)N=C(N)N)cc1C(F)(F)F. The Morgan fingerprint density at radius 3 is 2.24 bits per heavy atom. The average Bonchev–Trinajstić information content (AvgIpc) is 2.34. The van der Waals surface area contributed by atoms with E-state index in [4.69, 9.17) is 11.5 Å². The smallest absolute Gasteiger partial charge is 0.370 e. The molecule has 21 heavy (non-hydrogen) atoms. The molecular formula is C14H16F3N3O. The van der Waals surface area contributed by atoms with Gasteiger partial charge in [0.05, 0.1) is 5.56 Å². The minimum atomic E-state index is -4.58. The van der Waals surface area contributed by atoms with E-state index in [0.717, 1.165) is 6.07 Å². The first-order valence-corrected chi connectivity index (χ1v) is 6.07. The molecule has 0 unspecified atom stereocenters. The predicted molar refractivity (Wildman–Crippen MR) is 75.6 cm³/mol. The summed E-state index contributed by atoms with van der Waals surface area (Å²) in [7, 11) is 0. The summed E-state index contributed by atoms with van der Waals surface area (Å²) in [6, 6.07) is 2.10. The summed E-state index contributed by atoms with van der Waals surface area (Å²) in [6.07, 6.45) is -3.01. The number of nitrogens with zero attached hydrogens (tertiary/aromatic N) is 1. The minimum Gasteiger partial charge on any atom is -0.370 e. The van der Waals surface area contributed by atoms with Crippen LogP contribution in [0.15, 0.2) is 23.2 Å². The van der Waals surface area contributed by atoms with Crippen LogP contribution in [0.25, 0.3) is 5.57 Å². The molecule has 0 aliphatic carbocycles. The van der Waals surface area contributed by atoms with E-state index in [1.54, 1.807) is 19.9 Å². The van der Waals surface area contributed by atoms with Crippen LogP contribution in [0.4, 0.5) is 13.2 Å². The maximum atomic E-state index is 13.2. The minimum absolute atomic E-state index is 0.0313. The first kappa shape index (κ1) is 16.7. The van der Waals surface area contributed by atoms with Gasteiger partial charge in [0.2, 0.25) is 0 Å². The van der Waals surface area contributed by atoms with E-state index in [9.17, 15) is 18.0 Å². The molecule has 7 heteroatoms. The molecule has 4 nitrogen and oxygen atoms in total. The van der Waals surface area contributed by atoms with Crippen LogP contribution in [-0.2, 0) is 6.18 Å². The lowest BCUT2D eigenvalue weighted by atomic mass is 9.94. The highest BCUT2D eigenvalue weighted by Crippen LogP contribution is 2.36. The van der Waals surface area contributed by atoms with E-state index >= 15 is 0 Å². The third-order valence-electron chi connectivity index (χ3n) is 2.99. The van der Waals surface area contributed by atoms with Gasteiger partial charge in [-0.15, -0.1) is 0 Å². The highest BCUT2D eigenvalue weighted by Gasteiger charge is 2.35. The molecule has 0 aliphatic heterocycles. The monoisotopic (exact) mass is 299 g/mol. The van der Waals surface area contributed by atoms with Crippen LogP contribution in [0.2, 0.25) is 0 Å². The van der Waals surface area contributed by atoms with Crippen molar-refractivity contribution in [2.24, 2.45) is 16.5 Å². The number of hydrogen-bond acceptors (Lipinski definition) is 1. The highest BCUT2D eigenvalue weighted by molar-refractivity contribution is 6.03. The Morgan fingerprint density at radius 2 is 1.81 bits per heavy atom. The molecule has 0 radical (unpaired) electrons. The van der Waals surface area contributed by atoms with Gasteiger partial charge in [0.25, 0.3) is 5.91 Å². The molecule has 114 valence electrons. The van der Waals surface area contributed by atoms with E-state index < -0.39 is 23.6 Å².